The summed E-state index contributed by atoms with van der Waals surface area (Å²) in [6.45, 7) is 0.578. The van der Waals surface area contributed by atoms with Crippen LogP contribution >= 0.6 is 0 Å². The van der Waals surface area contributed by atoms with E-state index in [2.05, 4.69) is 10.6 Å². The van der Waals surface area contributed by atoms with Crippen LogP contribution in [0.3, 0.4) is 0 Å². The van der Waals surface area contributed by atoms with Gasteiger partial charge in [-0.05, 0) is 31.7 Å². The van der Waals surface area contributed by atoms with E-state index in [1.165, 1.54) is 0 Å². The highest BCUT2D eigenvalue weighted by Gasteiger charge is 2.27. The Balaban J connectivity index is 2.59. The minimum absolute atomic E-state index is 0.0833. The molecular formula is C12H16F3N3O. The SMILES string of the molecule is CNC(C)c1cccc(NC(=O)NCC(F)(F)F)c1. The van der Waals surface area contributed by atoms with Crippen molar-refractivity contribution in [3.8, 4) is 0 Å². The summed E-state index contributed by atoms with van der Waals surface area (Å²) >= 11 is 0. The van der Waals surface area contributed by atoms with Crippen molar-refractivity contribution >= 4 is 11.7 Å². The molecule has 2 amide bonds. The number of alkyl halides is 3. The van der Waals surface area contributed by atoms with Crippen LogP contribution in [0, 0.1) is 0 Å². The monoisotopic (exact) mass is 275 g/mol. The van der Waals surface area contributed by atoms with Crippen molar-refractivity contribution in [3.63, 3.8) is 0 Å². The largest absolute Gasteiger partial charge is 0.405 e. The van der Waals surface area contributed by atoms with E-state index in [1.807, 2.05) is 13.0 Å². The van der Waals surface area contributed by atoms with Gasteiger partial charge in [0.05, 0.1) is 0 Å². The quantitative estimate of drug-likeness (QED) is 0.791. The molecule has 3 N–H and O–H groups in total. The smallest absolute Gasteiger partial charge is 0.329 e. The zero-order chi connectivity index (χ0) is 14.5. The highest BCUT2D eigenvalue weighted by Crippen LogP contribution is 2.17. The van der Waals surface area contributed by atoms with Gasteiger partial charge in [0.15, 0.2) is 0 Å². The zero-order valence-electron chi connectivity index (χ0n) is 10.6. The molecule has 1 unspecified atom stereocenters. The number of anilines is 1. The van der Waals surface area contributed by atoms with Gasteiger partial charge in [0.25, 0.3) is 0 Å². The molecule has 0 saturated heterocycles. The molecule has 0 aliphatic carbocycles. The minimum atomic E-state index is -4.42. The third-order valence-electron chi connectivity index (χ3n) is 2.53. The van der Waals surface area contributed by atoms with E-state index in [0.717, 1.165) is 5.56 Å². The Kier molecular flexibility index (Phi) is 5.17. The van der Waals surface area contributed by atoms with Crippen LogP contribution in [0.25, 0.3) is 0 Å². The molecule has 0 aliphatic heterocycles. The first-order valence-electron chi connectivity index (χ1n) is 5.70. The first-order chi connectivity index (χ1) is 8.81. The molecule has 4 nitrogen and oxygen atoms in total. The summed E-state index contributed by atoms with van der Waals surface area (Å²) in [5.41, 5.74) is 1.37. The summed E-state index contributed by atoms with van der Waals surface area (Å²) in [6.07, 6.45) is -4.42. The van der Waals surface area contributed by atoms with E-state index in [0.29, 0.717) is 5.69 Å². The first-order valence-corrected chi connectivity index (χ1v) is 5.70. The molecule has 0 saturated carbocycles. The van der Waals surface area contributed by atoms with Gasteiger partial charge in [0, 0.05) is 11.7 Å². The average molecular weight is 275 g/mol. The highest BCUT2D eigenvalue weighted by molar-refractivity contribution is 5.89. The molecule has 1 aromatic carbocycles. The van der Waals surface area contributed by atoms with E-state index in [-0.39, 0.29) is 6.04 Å². The van der Waals surface area contributed by atoms with Crippen molar-refractivity contribution in [2.24, 2.45) is 0 Å². The number of carbonyl (C=O) groups excluding carboxylic acids is 1. The molecule has 1 rings (SSSR count). The van der Waals surface area contributed by atoms with Crippen LogP contribution in [-0.2, 0) is 0 Å². The van der Waals surface area contributed by atoms with Crippen LogP contribution in [0.4, 0.5) is 23.7 Å². The van der Waals surface area contributed by atoms with E-state index < -0.39 is 18.8 Å². The fraction of sp³-hybridized carbons (Fsp3) is 0.417. The summed E-state index contributed by atoms with van der Waals surface area (Å²) in [5.74, 6) is 0. The van der Waals surface area contributed by atoms with Crippen molar-refractivity contribution < 1.29 is 18.0 Å². The standard InChI is InChI=1S/C12H16F3N3O/c1-8(16-2)9-4-3-5-10(6-9)18-11(19)17-7-12(13,14)15/h3-6,8,16H,7H2,1-2H3,(H2,17,18,19). The summed E-state index contributed by atoms with van der Waals surface area (Å²) in [5, 5.41) is 7.13. The van der Waals surface area contributed by atoms with Gasteiger partial charge in [0.1, 0.15) is 6.54 Å². The van der Waals surface area contributed by atoms with Gasteiger partial charge in [-0.2, -0.15) is 13.2 Å². The molecule has 106 valence electrons. The number of hydrogen-bond donors (Lipinski definition) is 3. The summed E-state index contributed by atoms with van der Waals surface area (Å²) in [7, 11) is 1.79. The molecular weight excluding hydrogens is 259 g/mol. The number of benzene rings is 1. The van der Waals surface area contributed by atoms with Crippen LogP contribution in [0.15, 0.2) is 24.3 Å². The molecule has 0 aliphatic rings. The van der Waals surface area contributed by atoms with Crippen LogP contribution in [-0.4, -0.2) is 25.8 Å². The number of urea groups is 1. The predicted molar refractivity (Wildman–Crippen MR) is 67.0 cm³/mol. The normalized spacial score (nSPS) is 12.9. The van der Waals surface area contributed by atoms with Crippen molar-refractivity contribution in [3.05, 3.63) is 29.8 Å². The molecule has 0 radical (unpaired) electrons. The van der Waals surface area contributed by atoms with Crippen LogP contribution in [0.2, 0.25) is 0 Å². The lowest BCUT2D eigenvalue weighted by atomic mass is 10.1. The van der Waals surface area contributed by atoms with Gasteiger partial charge in [-0.15, -0.1) is 0 Å². The third-order valence-corrected chi connectivity index (χ3v) is 2.53. The Morgan fingerprint density at radius 2 is 2.05 bits per heavy atom. The van der Waals surface area contributed by atoms with Gasteiger partial charge in [0.2, 0.25) is 0 Å². The highest BCUT2D eigenvalue weighted by atomic mass is 19.4. The molecule has 7 heteroatoms. The molecule has 0 bridgehead atoms. The van der Waals surface area contributed by atoms with E-state index in [1.54, 1.807) is 30.6 Å². The second-order valence-corrected chi connectivity index (χ2v) is 4.06. The fourth-order valence-corrected chi connectivity index (χ4v) is 1.41. The van der Waals surface area contributed by atoms with E-state index >= 15 is 0 Å². The molecule has 0 heterocycles. The van der Waals surface area contributed by atoms with Crippen LogP contribution in [0.5, 0.6) is 0 Å². The van der Waals surface area contributed by atoms with Crippen molar-refractivity contribution in [1.82, 2.24) is 10.6 Å². The molecule has 0 fully saturated rings. The second-order valence-electron chi connectivity index (χ2n) is 4.06. The zero-order valence-corrected chi connectivity index (χ0v) is 10.6. The van der Waals surface area contributed by atoms with Gasteiger partial charge >= 0.3 is 12.2 Å². The van der Waals surface area contributed by atoms with Crippen molar-refractivity contribution in [2.45, 2.75) is 19.1 Å². The number of amides is 2. The van der Waals surface area contributed by atoms with Gasteiger partial charge in [-0.25, -0.2) is 4.79 Å². The lowest BCUT2D eigenvalue weighted by Crippen LogP contribution is -2.36. The molecule has 19 heavy (non-hydrogen) atoms. The summed E-state index contributed by atoms with van der Waals surface area (Å²) in [4.78, 5) is 11.3. The maximum Gasteiger partial charge on any atom is 0.405 e. The minimum Gasteiger partial charge on any atom is -0.329 e. The van der Waals surface area contributed by atoms with Gasteiger partial charge < -0.3 is 16.0 Å². The molecule has 1 atom stereocenters. The summed E-state index contributed by atoms with van der Waals surface area (Å²) in [6, 6.07) is 6.10. The maximum atomic E-state index is 11.9. The molecule has 0 spiro atoms. The van der Waals surface area contributed by atoms with E-state index in [9.17, 15) is 18.0 Å². The number of carbonyl (C=O) groups is 1. The topological polar surface area (TPSA) is 53.2 Å². The first kappa shape index (κ1) is 15.3. The Hall–Kier alpha value is -1.76. The van der Waals surface area contributed by atoms with Crippen molar-refractivity contribution in [1.29, 1.82) is 0 Å². The van der Waals surface area contributed by atoms with Gasteiger partial charge in [-0.1, -0.05) is 12.1 Å². The Bertz CT molecular complexity index is 434. The lowest BCUT2D eigenvalue weighted by molar-refractivity contribution is -0.122. The lowest BCUT2D eigenvalue weighted by Gasteiger charge is -2.13. The Labute approximate surface area is 109 Å². The Morgan fingerprint density at radius 1 is 1.37 bits per heavy atom. The van der Waals surface area contributed by atoms with Crippen LogP contribution in [0.1, 0.15) is 18.5 Å². The number of rotatable bonds is 4. The number of nitrogens with one attached hydrogen (secondary N) is 3. The summed E-state index contributed by atoms with van der Waals surface area (Å²) < 4.78 is 35.8. The van der Waals surface area contributed by atoms with Crippen LogP contribution < -0.4 is 16.0 Å². The average Bonchev–Trinajstić information content (AvgIpc) is 2.35. The van der Waals surface area contributed by atoms with Gasteiger partial charge in [-0.3, -0.25) is 0 Å². The second kappa shape index (κ2) is 6.42. The molecule has 0 aromatic heterocycles. The third kappa shape index (κ3) is 5.60. The number of halogens is 3. The Morgan fingerprint density at radius 3 is 2.63 bits per heavy atom. The van der Waals surface area contributed by atoms with Crippen molar-refractivity contribution in [2.75, 3.05) is 18.9 Å². The van der Waals surface area contributed by atoms with E-state index in [4.69, 9.17) is 0 Å². The predicted octanol–water partition coefficient (Wildman–Crippen LogP) is 2.65. The fourth-order valence-electron chi connectivity index (χ4n) is 1.41. The molecule has 1 aromatic rings. The number of hydrogen-bond acceptors (Lipinski definition) is 2. The maximum absolute atomic E-state index is 11.9.